The van der Waals surface area contributed by atoms with E-state index in [0.717, 1.165) is 25.1 Å². The van der Waals surface area contributed by atoms with Crippen LogP contribution in [0.15, 0.2) is 54.6 Å². The van der Waals surface area contributed by atoms with Crippen molar-refractivity contribution in [2.45, 2.75) is 6.92 Å². The van der Waals surface area contributed by atoms with E-state index in [4.69, 9.17) is 0 Å². The Kier molecular flexibility index (Phi) is 4.40. The molecule has 0 aliphatic carbocycles. The molecule has 1 heterocycles. The van der Waals surface area contributed by atoms with Gasteiger partial charge in [0.15, 0.2) is 3.57 Å². The monoisotopic (exact) mass is 423 g/mol. The number of benzene rings is 2. The van der Waals surface area contributed by atoms with Crippen LogP contribution in [0.1, 0.15) is 20.8 Å². The zero-order chi connectivity index (χ0) is 15.7. The quantitative estimate of drug-likeness (QED) is 0.462. The van der Waals surface area contributed by atoms with Crippen molar-refractivity contribution >= 4 is 17.1 Å². The van der Waals surface area contributed by atoms with Gasteiger partial charge in [-0.25, -0.2) is 4.39 Å². The largest absolute Gasteiger partial charge is 0.296 e. The van der Waals surface area contributed by atoms with E-state index in [2.05, 4.69) is 0 Å². The van der Waals surface area contributed by atoms with Crippen LogP contribution in [0.25, 0.3) is 10.4 Å². The molecular formula is C18H13FIOS+. The predicted molar refractivity (Wildman–Crippen MR) is 84.4 cm³/mol. The molecule has 0 unspecified atom stereocenters. The highest BCUT2D eigenvalue weighted by Crippen LogP contribution is 2.30. The number of rotatable bonds is 3. The molecule has 2 aromatic carbocycles. The molecule has 110 valence electrons. The fourth-order valence-electron chi connectivity index (χ4n) is 2.21. The summed E-state index contributed by atoms with van der Waals surface area (Å²) in [6.45, 7) is 1.95. The van der Waals surface area contributed by atoms with E-state index in [1.807, 2.05) is 59.8 Å². The van der Waals surface area contributed by atoms with Crippen molar-refractivity contribution in [2.75, 3.05) is 0 Å². The Bertz CT molecular complexity index is 837. The van der Waals surface area contributed by atoms with Gasteiger partial charge in [-0.2, -0.15) is 0 Å². The first-order valence-electron chi connectivity index (χ1n) is 6.73. The molecule has 4 heteroatoms. The lowest BCUT2D eigenvalue weighted by Gasteiger charge is -2.02. The Morgan fingerprint density at radius 2 is 1.77 bits per heavy atom. The average Bonchev–Trinajstić information content (AvgIpc) is 2.99. The fourth-order valence-corrected chi connectivity index (χ4v) is 3.70. The molecule has 0 fully saturated rings. The molecule has 1 nitrogen and oxygen atoms in total. The zero-order valence-corrected chi connectivity index (χ0v) is 14.9. The van der Waals surface area contributed by atoms with Gasteiger partial charge >= 0.3 is 0 Å². The molecular weight excluding hydrogens is 410 g/mol. The maximum Gasteiger partial charge on any atom is 0.296 e. The highest BCUT2D eigenvalue weighted by atomic mass is 127. The minimum atomic E-state index is -0.257. The van der Waals surface area contributed by atoms with Crippen molar-refractivity contribution in [2.24, 2.45) is 0 Å². The molecule has 0 aliphatic heterocycles. The average molecular weight is 423 g/mol. The van der Waals surface area contributed by atoms with Crippen molar-refractivity contribution in [1.29, 1.82) is 0 Å². The molecule has 0 saturated heterocycles. The third kappa shape index (κ3) is 3.13. The highest BCUT2D eigenvalue weighted by Gasteiger charge is 2.16. The molecule has 0 radical (unpaired) electrons. The van der Waals surface area contributed by atoms with Gasteiger partial charge in [-0.3, -0.25) is 4.79 Å². The van der Waals surface area contributed by atoms with E-state index in [0.29, 0.717) is 4.88 Å². The summed E-state index contributed by atoms with van der Waals surface area (Å²) in [6, 6.07) is 16.0. The number of aryl methyl sites for hydroxylation is 1. The second-order valence-corrected chi connectivity index (χ2v) is 7.41. The SMILES string of the molecule is Cc1ccc([IH+])cc1C(=O)c1ccc(-c2ccc(F)cc2)s1. The van der Waals surface area contributed by atoms with Crippen molar-refractivity contribution in [1.82, 2.24) is 0 Å². The van der Waals surface area contributed by atoms with Gasteiger partial charge in [-0.1, -0.05) is 18.2 Å². The van der Waals surface area contributed by atoms with Crippen LogP contribution < -0.4 is 22.6 Å². The summed E-state index contributed by atoms with van der Waals surface area (Å²) in [5.41, 5.74) is 2.65. The lowest BCUT2D eigenvalue weighted by molar-refractivity contribution is -0.328. The summed E-state index contributed by atoms with van der Waals surface area (Å²) in [5.74, 6) is -0.214. The molecule has 1 aromatic heterocycles. The third-order valence-corrected chi connectivity index (χ3v) is 5.27. The van der Waals surface area contributed by atoms with Crippen LogP contribution in [0.5, 0.6) is 0 Å². The summed E-state index contributed by atoms with van der Waals surface area (Å²) >= 11 is 3.34. The Morgan fingerprint density at radius 3 is 2.50 bits per heavy atom. The number of thiophene rings is 1. The Morgan fingerprint density at radius 1 is 1.05 bits per heavy atom. The maximum atomic E-state index is 13.0. The number of carbonyl (C=O) groups is 1. The first kappa shape index (κ1) is 15.4. The maximum absolute atomic E-state index is 13.0. The van der Waals surface area contributed by atoms with Crippen molar-refractivity contribution in [3.05, 3.63) is 80.0 Å². The van der Waals surface area contributed by atoms with Gasteiger partial charge in [0.2, 0.25) is 5.78 Å². The molecule has 0 aliphatic rings. The Labute approximate surface area is 146 Å². The predicted octanol–water partition coefficient (Wildman–Crippen LogP) is 1.55. The van der Waals surface area contributed by atoms with Crippen LogP contribution in [-0.2, 0) is 0 Å². The van der Waals surface area contributed by atoms with Crippen molar-refractivity contribution in [3.63, 3.8) is 0 Å². The van der Waals surface area contributed by atoms with E-state index in [9.17, 15) is 9.18 Å². The van der Waals surface area contributed by atoms with Crippen LogP contribution in [0.4, 0.5) is 4.39 Å². The van der Waals surface area contributed by atoms with Gasteiger partial charge in [0.1, 0.15) is 5.82 Å². The molecule has 0 amide bonds. The molecule has 0 spiro atoms. The third-order valence-electron chi connectivity index (χ3n) is 3.41. The normalized spacial score (nSPS) is 10.7. The lowest BCUT2D eigenvalue weighted by atomic mass is 10.0. The van der Waals surface area contributed by atoms with Crippen LogP contribution in [0, 0.1) is 16.3 Å². The minimum Gasteiger partial charge on any atom is -0.288 e. The molecule has 0 bridgehead atoms. The minimum absolute atomic E-state index is 0.0429. The summed E-state index contributed by atoms with van der Waals surface area (Å²) in [7, 11) is 0. The second kappa shape index (κ2) is 6.30. The second-order valence-electron chi connectivity index (χ2n) is 4.98. The number of hydrogen-bond acceptors (Lipinski definition) is 2. The van der Waals surface area contributed by atoms with E-state index >= 15 is 0 Å². The van der Waals surface area contributed by atoms with Crippen molar-refractivity contribution < 1.29 is 31.8 Å². The Hall–Kier alpha value is -1.53. The van der Waals surface area contributed by atoms with Crippen molar-refractivity contribution in [3.8, 4) is 10.4 Å². The van der Waals surface area contributed by atoms with Crippen LogP contribution in [0.3, 0.4) is 0 Å². The topological polar surface area (TPSA) is 17.1 Å². The summed E-state index contributed by atoms with van der Waals surface area (Å²) in [4.78, 5) is 14.3. The molecule has 3 aromatic rings. The first-order chi connectivity index (χ1) is 10.5. The molecule has 22 heavy (non-hydrogen) atoms. The molecule has 0 atom stereocenters. The summed E-state index contributed by atoms with van der Waals surface area (Å²) in [5, 5.41) is 0. The zero-order valence-electron chi connectivity index (χ0n) is 11.8. The smallest absolute Gasteiger partial charge is 0.288 e. The summed E-state index contributed by atoms with van der Waals surface area (Å²) < 4.78 is 14.1. The van der Waals surface area contributed by atoms with E-state index < -0.39 is 0 Å². The van der Waals surface area contributed by atoms with Gasteiger partial charge in [-0.15, -0.1) is 11.3 Å². The number of ketones is 1. The number of carbonyl (C=O) groups excluding carboxylic acids is 1. The number of halogens is 2. The first-order valence-corrected chi connectivity index (χ1v) is 8.71. The van der Waals surface area contributed by atoms with E-state index in [1.54, 1.807) is 12.1 Å². The fraction of sp³-hybridized carbons (Fsp3) is 0.0556. The Balaban J connectivity index is 1.95. The molecule has 0 N–H and O–H groups in total. The molecule has 0 saturated carbocycles. The van der Waals surface area contributed by atoms with Gasteiger partial charge in [0.05, 0.1) is 4.88 Å². The molecule has 3 rings (SSSR count). The standard InChI is InChI=1S/C18H13FIOS/c1-11-2-7-14(20)10-15(11)18(21)17-9-8-16(22-17)12-3-5-13(19)6-4-12/h2-10,20H,1H3/q+1. The lowest BCUT2D eigenvalue weighted by Crippen LogP contribution is -3.34. The van der Waals surface area contributed by atoms with Crippen LogP contribution >= 0.6 is 11.3 Å². The van der Waals surface area contributed by atoms with Gasteiger partial charge in [0, 0.05) is 16.5 Å². The van der Waals surface area contributed by atoms with Crippen LogP contribution in [-0.4, -0.2) is 5.78 Å². The van der Waals surface area contributed by atoms with Gasteiger partial charge in [-0.05, 0) is 48.4 Å². The summed E-state index contributed by atoms with van der Waals surface area (Å²) in [6.07, 6.45) is 0. The van der Waals surface area contributed by atoms with Crippen LogP contribution in [0.2, 0.25) is 0 Å². The highest BCUT2D eigenvalue weighted by molar-refractivity contribution is 7.17. The van der Waals surface area contributed by atoms with Gasteiger partial charge in [0.25, 0.3) is 22.6 Å². The van der Waals surface area contributed by atoms with Gasteiger partial charge < -0.3 is 0 Å². The number of hydrogen-bond donors (Lipinski definition) is 0. The van der Waals surface area contributed by atoms with E-state index in [1.165, 1.54) is 23.5 Å². The van der Waals surface area contributed by atoms with E-state index in [-0.39, 0.29) is 11.6 Å².